The van der Waals surface area contributed by atoms with Crippen LogP contribution in [0.15, 0.2) is 63.1 Å². The van der Waals surface area contributed by atoms with E-state index in [2.05, 4.69) is 10.1 Å². The predicted octanol–water partition coefficient (Wildman–Crippen LogP) is 4.55. The molecule has 0 radical (unpaired) electrons. The molecule has 172 valence electrons. The summed E-state index contributed by atoms with van der Waals surface area (Å²) in [5.41, 5.74) is -1.26. The average molecular weight is 477 g/mol. The number of rotatable bonds is 5. The van der Waals surface area contributed by atoms with Crippen LogP contribution in [-0.2, 0) is 22.6 Å². The van der Waals surface area contributed by atoms with Gasteiger partial charge < -0.3 is 4.42 Å². The standard InChI is InChI=1S/C22H18F3N3O4S/c1-3-28-8-7-17(27-28)13-9-19(33(30,31)4-2)20(26-11-13)16-12-32-18-10-14(22(23,24)25)5-6-15(18)21(16)29/h5-12H,3-4H2,1-2H3. The number of hydrogen-bond donors (Lipinski definition) is 0. The molecule has 0 amide bonds. The second-order valence-corrected chi connectivity index (χ2v) is 9.46. The molecule has 0 saturated heterocycles. The lowest BCUT2D eigenvalue weighted by Crippen LogP contribution is -2.12. The quantitative estimate of drug-likeness (QED) is 0.419. The summed E-state index contributed by atoms with van der Waals surface area (Å²) in [5, 5.41) is 4.23. The average Bonchev–Trinajstić information content (AvgIpc) is 3.27. The van der Waals surface area contributed by atoms with Gasteiger partial charge in [0.05, 0.1) is 38.5 Å². The first-order valence-corrected chi connectivity index (χ1v) is 11.6. The molecule has 0 aliphatic rings. The molecule has 1 aromatic carbocycles. The van der Waals surface area contributed by atoms with E-state index in [1.54, 1.807) is 16.9 Å². The molecule has 33 heavy (non-hydrogen) atoms. The molecular formula is C22H18F3N3O4S. The van der Waals surface area contributed by atoms with Crippen LogP contribution in [0.25, 0.3) is 33.5 Å². The second kappa shape index (κ2) is 8.14. The van der Waals surface area contributed by atoms with Gasteiger partial charge in [0.15, 0.2) is 9.84 Å². The van der Waals surface area contributed by atoms with Crippen LogP contribution in [-0.4, -0.2) is 28.9 Å². The Labute approximate surface area is 186 Å². The van der Waals surface area contributed by atoms with Gasteiger partial charge in [-0.15, -0.1) is 0 Å². The van der Waals surface area contributed by atoms with Crippen molar-refractivity contribution < 1.29 is 26.0 Å². The smallest absolute Gasteiger partial charge is 0.416 e. The fourth-order valence-corrected chi connectivity index (χ4v) is 4.41. The van der Waals surface area contributed by atoms with Crippen molar-refractivity contribution in [2.75, 3.05) is 5.75 Å². The molecule has 0 fully saturated rings. The van der Waals surface area contributed by atoms with E-state index >= 15 is 0 Å². The third-order valence-electron chi connectivity index (χ3n) is 5.19. The molecule has 3 aromatic heterocycles. The van der Waals surface area contributed by atoms with Gasteiger partial charge in [0.1, 0.15) is 11.8 Å². The molecule has 7 nitrogen and oxygen atoms in total. The molecule has 0 aliphatic heterocycles. The minimum Gasteiger partial charge on any atom is -0.463 e. The monoisotopic (exact) mass is 477 g/mol. The van der Waals surface area contributed by atoms with Crippen molar-refractivity contribution in [2.24, 2.45) is 0 Å². The Morgan fingerprint density at radius 3 is 2.52 bits per heavy atom. The Kier molecular flexibility index (Phi) is 5.61. The summed E-state index contributed by atoms with van der Waals surface area (Å²) in [6.45, 7) is 3.99. The van der Waals surface area contributed by atoms with E-state index in [0.717, 1.165) is 24.5 Å². The first kappa shape index (κ1) is 22.7. The van der Waals surface area contributed by atoms with Gasteiger partial charge in [-0.2, -0.15) is 18.3 Å². The third kappa shape index (κ3) is 4.15. The Balaban J connectivity index is 1.92. The van der Waals surface area contributed by atoms with E-state index in [0.29, 0.717) is 17.8 Å². The van der Waals surface area contributed by atoms with Crippen LogP contribution in [0.5, 0.6) is 0 Å². The van der Waals surface area contributed by atoms with E-state index in [-0.39, 0.29) is 32.9 Å². The normalized spacial score (nSPS) is 12.4. The Bertz CT molecular complexity index is 1520. The Morgan fingerprint density at radius 2 is 1.88 bits per heavy atom. The molecule has 0 N–H and O–H groups in total. The summed E-state index contributed by atoms with van der Waals surface area (Å²) in [6, 6.07) is 5.61. The molecule has 0 saturated carbocycles. The number of aromatic nitrogens is 3. The maximum absolute atomic E-state index is 13.1. The molecule has 0 spiro atoms. The summed E-state index contributed by atoms with van der Waals surface area (Å²) in [4.78, 5) is 17.1. The molecular weight excluding hydrogens is 459 g/mol. The Morgan fingerprint density at radius 1 is 1.12 bits per heavy atom. The summed E-state index contributed by atoms with van der Waals surface area (Å²) in [6.07, 6.45) is -0.531. The van der Waals surface area contributed by atoms with Gasteiger partial charge in [-0.3, -0.25) is 14.5 Å². The van der Waals surface area contributed by atoms with Gasteiger partial charge in [0.2, 0.25) is 5.43 Å². The van der Waals surface area contributed by atoms with Crippen LogP contribution in [0, 0.1) is 0 Å². The number of aryl methyl sites for hydroxylation is 1. The number of hydrogen-bond acceptors (Lipinski definition) is 6. The van der Waals surface area contributed by atoms with E-state index in [1.807, 2.05) is 6.92 Å². The zero-order valence-electron chi connectivity index (χ0n) is 17.5. The highest BCUT2D eigenvalue weighted by Crippen LogP contribution is 2.33. The van der Waals surface area contributed by atoms with Gasteiger partial charge in [-0.05, 0) is 37.3 Å². The molecule has 0 unspecified atom stereocenters. The number of fused-ring (bicyclic) bond motifs is 1. The van der Waals surface area contributed by atoms with Crippen LogP contribution in [0.1, 0.15) is 19.4 Å². The van der Waals surface area contributed by atoms with Gasteiger partial charge in [0.25, 0.3) is 0 Å². The van der Waals surface area contributed by atoms with Crippen molar-refractivity contribution in [3.05, 3.63) is 64.8 Å². The molecule has 4 aromatic rings. The molecule has 4 rings (SSSR count). The number of sulfone groups is 1. The first-order chi connectivity index (χ1) is 15.5. The summed E-state index contributed by atoms with van der Waals surface area (Å²) in [7, 11) is -3.83. The van der Waals surface area contributed by atoms with Crippen molar-refractivity contribution in [1.82, 2.24) is 14.8 Å². The highest BCUT2D eigenvalue weighted by atomic mass is 32.2. The number of nitrogens with zero attached hydrogens (tertiary/aromatic N) is 3. The van der Waals surface area contributed by atoms with E-state index in [1.165, 1.54) is 19.2 Å². The summed E-state index contributed by atoms with van der Waals surface area (Å²) >= 11 is 0. The summed E-state index contributed by atoms with van der Waals surface area (Å²) in [5.74, 6) is -0.248. The van der Waals surface area contributed by atoms with Crippen LogP contribution >= 0.6 is 0 Å². The van der Waals surface area contributed by atoms with E-state index < -0.39 is 27.0 Å². The van der Waals surface area contributed by atoms with Crippen LogP contribution in [0.4, 0.5) is 13.2 Å². The zero-order chi connectivity index (χ0) is 24.0. The van der Waals surface area contributed by atoms with Crippen molar-refractivity contribution in [3.8, 4) is 22.5 Å². The minimum absolute atomic E-state index is 0.118. The van der Waals surface area contributed by atoms with Gasteiger partial charge in [-0.25, -0.2) is 8.42 Å². The summed E-state index contributed by atoms with van der Waals surface area (Å²) < 4.78 is 71.6. The number of benzene rings is 1. The van der Waals surface area contributed by atoms with Crippen LogP contribution in [0.2, 0.25) is 0 Å². The number of alkyl halides is 3. The topological polar surface area (TPSA) is 95.1 Å². The lowest BCUT2D eigenvalue weighted by Gasteiger charge is -2.11. The first-order valence-electron chi connectivity index (χ1n) is 9.95. The van der Waals surface area contributed by atoms with Crippen molar-refractivity contribution >= 4 is 20.8 Å². The van der Waals surface area contributed by atoms with Crippen LogP contribution in [0.3, 0.4) is 0 Å². The van der Waals surface area contributed by atoms with Crippen molar-refractivity contribution in [3.63, 3.8) is 0 Å². The maximum atomic E-state index is 13.1. The van der Waals surface area contributed by atoms with Gasteiger partial charge >= 0.3 is 6.18 Å². The number of halogens is 3. The van der Waals surface area contributed by atoms with Crippen molar-refractivity contribution in [2.45, 2.75) is 31.5 Å². The SMILES string of the molecule is CCn1ccc(-c2cnc(-c3coc4cc(C(F)(F)F)ccc4c3=O)c(S(=O)(=O)CC)c2)n1. The van der Waals surface area contributed by atoms with E-state index in [9.17, 15) is 26.4 Å². The molecule has 0 aliphatic carbocycles. The fraction of sp³-hybridized carbons (Fsp3) is 0.227. The zero-order valence-corrected chi connectivity index (χ0v) is 18.4. The highest BCUT2D eigenvalue weighted by Gasteiger charge is 2.31. The largest absolute Gasteiger partial charge is 0.463 e. The maximum Gasteiger partial charge on any atom is 0.416 e. The Hall–Kier alpha value is -3.47. The molecule has 0 atom stereocenters. The van der Waals surface area contributed by atoms with E-state index in [4.69, 9.17) is 4.42 Å². The fourth-order valence-electron chi connectivity index (χ4n) is 3.34. The molecule has 0 bridgehead atoms. The third-order valence-corrected chi connectivity index (χ3v) is 6.93. The lowest BCUT2D eigenvalue weighted by molar-refractivity contribution is -0.137. The second-order valence-electron chi connectivity index (χ2n) is 7.22. The lowest BCUT2D eigenvalue weighted by atomic mass is 10.1. The predicted molar refractivity (Wildman–Crippen MR) is 115 cm³/mol. The van der Waals surface area contributed by atoms with Gasteiger partial charge in [-0.1, -0.05) is 6.92 Å². The number of pyridine rings is 1. The van der Waals surface area contributed by atoms with Crippen molar-refractivity contribution in [1.29, 1.82) is 0 Å². The molecule has 11 heteroatoms. The molecule has 3 heterocycles. The highest BCUT2D eigenvalue weighted by molar-refractivity contribution is 7.91. The van der Waals surface area contributed by atoms with Crippen LogP contribution < -0.4 is 5.43 Å². The van der Waals surface area contributed by atoms with Gasteiger partial charge in [0, 0.05) is 24.5 Å². The minimum atomic E-state index is -4.60.